The van der Waals surface area contributed by atoms with Crippen molar-refractivity contribution >= 4 is 40.7 Å². The number of ether oxygens (including phenoxy) is 2. The van der Waals surface area contributed by atoms with Crippen LogP contribution in [0.15, 0.2) is 62.8 Å². The Kier molecular flexibility index (Phi) is 5.71. The summed E-state index contributed by atoms with van der Waals surface area (Å²) in [7, 11) is 1.32. The summed E-state index contributed by atoms with van der Waals surface area (Å²) in [5.74, 6) is -0.469. The van der Waals surface area contributed by atoms with E-state index in [1.165, 1.54) is 36.7 Å². The van der Waals surface area contributed by atoms with E-state index in [4.69, 9.17) is 9.47 Å². The molecule has 0 aliphatic carbocycles. The number of hydrogen-bond acceptors (Lipinski definition) is 8. The predicted octanol–water partition coefficient (Wildman–Crippen LogP) is 2.40. The molecule has 0 saturated carbocycles. The summed E-state index contributed by atoms with van der Waals surface area (Å²) in [5.41, 5.74) is 1.43. The molecule has 1 atom stereocenters. The number of benzene rings is 1. The molecule has 1 aliphatic rings. The first-order chi connectivity index (χ1) is 14.9. The predicted molar refractivity (Wildman–Crippen MR) is 118 cm³/mol. The van der Waals surface area contributed by atoms with Crippen LogP contribution in [0.1, 0.15) is 30.3 Å². The lowest BCUT2D eigenvalue weighted by Crippen LogP contribution is -2.39. The fraction of sp³-hybridized carbons (Fsp3) is 0.182. The minimum atomic E-state index is -0.586. The molecule has 0 saturated heterocycles. The van der Waals surface area contributed by atoms with Gasteiger partial charge in [-0.15, -0.1) is 11.3 Å². The maximum atomic E-state index is 13.3. The van der Waals surface area contributed by atoms with E-state index in [1.54, 1.807) is 41.8 Å². The fourth-order valence-corrected chi connectivity index (χ4v) is 5.23. The fourth-order valence-electron chi connectivity index (χ4n) is 3.36. The Balaban J connectivity index is 1.85. The first-order valence-corrected chi connectivity index (χ1v) is 11.0. The summed E-state index contributed by atoms with van der Waals surface area (Å²) in [6, 6.07) is 10.0. The molecule has 4 rings (SSSR count). The van der Waals surface area contributed by atoms with Gasteiger partial charge in [0.1, 0.15) is 11.8 Å². The summed E-state index contributed by atoms with van der Waals surface area (Å²) >= 11 is 2.72. The van der Waals surface area contributed by atoms with Crippen molar-refractivity contribution in [3.05, 3.63) is 83.2 Å². The third kappa shape index (κ3) is 4.01. The first-order valence-electron chi connectivity index (χ1n) is 9.32. The molecule has 3 heterocycles. The van der Waals surface area contributed by atoms with Crippen molar-refractivity contribution in [1.29, 1.82) is 0 Å². The van der Waals surface area contributed by atoms with Crippen LogP contribution in [0.25, 0.3) is 6.08 Å². The summed E-state index contributed by atoms with van der Waals surface area (Å²) in [4.78, 5) is 42.8. The van der Waals surface area contributed by atoms with Gasteiger partial charge >= 0.3 is 11.9 Å². The van der Waals surface area contributed by atoms with Crippen LogP contribution in [-0.4, -0.2) is 23.6 Å². The Morgan fingerprint density at radius 3 is 2.55 bits per heavy atom. The summed E-state index contributed by atoms with van der Waals surface area (Å²) in [5, 5.41) is 1.90. The molecule has 31 heavy (non-hydrogen) atoms. The van der Waals surface area contributed by atoms with Crippen LogP contribution in [-0.2, 0) is 14.3 Å². The lowest BCUT2D eigenvalue weighted by molar-refractivity contribution is -0.136. The lowest BCUT2D eigenvalue weighted by Gasteiger charge is -2.22. The topological polar surface area (TPSA) is 87.0 Å². The highest BCUT2D eigenvalue weighted by atomic mass is 32.1. The molecule has 1 aromatic carbocycles. The smallest absolute Gasteiger partial charge is 0.338 e. The third-order valence-corrected chi connectivity index (χ3v) is 6.59. The van der Waals surface area contributed by atoms with E-state index in [1.807, 2.05) is 17.5 Å². The molecule has 0 bridgehead atoms. The molecule has 1 aliphatic heterocycles. The Morgan fingerprint density at radius 1 is 1.19 bits per heavy atom. The van der Waals surface area contributed by atoms with Gasteiger partial charge in [0.15, 0.2) is 4.80 Å². The summed E-state index contributed by atoms with van der Waals surface area (Å²) < 4.78 is 12.1. The molecule has 9 heteroatoms. The molecule has 0 radical (unpaired) electrons. The van der Waals surface area contributed by atoms with Crippen LogP contribution in [0.5, 0.6) is 5.75 Å². The quantitative estimate of drug-likeness (QED) is 0.446. The van der Waals surface area contributed by atoms with E-state index in [9.17, 15) is 14.4 Å². The number of aromatic nitrogens is 1. The Hall–Kier alpha value is -3.30. The molecule has 0 unspecified atom stereocenters. The van der Waals surface area contributed by atoms with Crippen LogP contribution in [0.4, 0.5) is 0 Å². The number of rotatable bonds is 4. The van der Waals surface area contributed by atoms with Gasteiger partial charge < -0.3 is 9.47 Å². The van der Waals surface area contributed by atoms with Crippen molar-refractivity contribution < 1.29 is 19.1 Å². The van der Waals surface area contributed by atoms with E-state index in [0.29, 0.717) is 26.4 Å². The number of nitrogens with zero attached hydrogens (tertiary/aromatic N) is 2. The number of thiazole rings is 1. The van der Waals surface area contributed by atoms with E-state index in [-0.39, 0.29) is 5.56 Å². The van der Waals surface area contributed by atoms with Gasteiger partial charge in [0.05, 0.1) is 22.9 Å². The number of allylic oxidation sites excluding steroid dienone is 1. The number of carbonyl (C=O) groups is 2. The number of fused-ring (bicyclic) bond motifs is 1. The van der Waals surface area contributed by atoms with E-state index >= 15 is 0 Å². The zero-order chi connectivity index (χ0) is 22.1. The highest BCUT2D eigenvalue weighted by Crippen LogP contribution is 2.32. The van der Waals surface area contributed by atoms with Crippen LogP contribution in [0.3, 0.4) is 0 Å². The second kappa shape index (κ2) is 8.44. The number of hydrogen-bond donors (Lipinski definition) is 0. The van der Waals surface area contributed by atoms with Crippen LogP contribution < -0.4 is 19.6 Å². The lowest BCUT2D eigenvalue weighted by atomic mass is 10.0. The second-order valence-electron chi connectivity index (χ2n) is 6.75. The number of carbonyl (C=O) groups excluding carboxylic acids is 2. The van der Waals surface area contributed by atoms with E-state index in [0.717, 1.165) is 10.4 Å². The average Bonchev–Trinajstić information content (AvgIpc) is 3.36. The summed E-state index contributed by atoms with van der Waals surface area (Å²) in [6.07, 6.45) is 1.75. The van der Waals surface area contributed by atoms with Gasteiger partial charge in [-0.3, -0.25) is 14.2 Å². The Bertz CT molecular complexity index is 1360. The number of thiophene rings is 1. The van der Waals surface area contributed by atoms with Crippen LogP contribution >= 0.6 is 22.7 Å². The molecule has 3 aromatic rings. The Morgan fingerprint density at radius 2 is 1.94 bits per heavy atom. The maximum absolute atomic E-state index is 13.3. The minimum absolute atomic E-state index is 0.236. The summed E-state index contributed by atoms with van der Waals surface area (Å²) in [6.45, 7) is 3.08. The van der Waals surface area contributed by atoms with E-state index < -0.39 is 18.0 Å². The van der Waals surface area contributed by atoms with Crippen LogP contribution in [0.2, 0.25) is 0 Å². The zero-order valence-electron chi connectivity index (χ0n) is 16.9. The molecule has 0 fully saturated rings. The van der Waals surface area contributed by atoms with E-state index in [2.05, 4.69) is 4.99 Å². The van der Waals surface area contributed by atoms with Gasteiger partial charge in [-0.1, -0.05) is 29.5 Å². The second-order valence-corrected chi connectivity index (χ2v) is 8.74. The van der Waals surface area contributed by atoms with Gasteiger partial charge in [0.2, 0.25) is 0 Å². The van der Waals surface area contributed by atoms with Gasteiger partial charge in [0, 0.05) is 11.8 Å². The molecular weight excluding hydrogens is 436 g/mol. The van der Waals surface area contributed by atoms with Gasteiger partial charge in [-0.25, -0.2) is 9.79 Å². The van der Waals surface area contributed by atoms with Gasteiger partial charge in [-0.05, 0) is 42.1 Å². The first kappa shape index (κ1) is 21.0. The van der Waals surface area contributed by atoms with Gasteiger partial charge in [-0.2, -0.15) is 0 Å². The molecule has 2 aromatic heterocycles. The van der Waals surface area contributed by atoms with Crippen molar-refractivity contribution in [1.82, 2.24) is 4.57 Å². The zero-order valence-corrected chi connectivity index (χ0v) is 18.6. The molecule has 7 nitrogen and oxygen atoms in total. The normalized spacial score (nSPS) is 16.0. The SMILES string of the molecule is COC(=O)C1=C(C)N=c2sc(=Cc3ccc(OC(C)=O)cc3)c(=O)n2[C@H]1c1cccs1. The van der Waals surface area contributed by atoms with Crippen molar-refractivity contribution in [3.63, 3.8) is 0 Å². The number of esters is 2. The van der Waals surface area contributed by atoms with Crippen molar-refractivity contribution in [2.75, 3.05) is 7.11 Å². The highest BCUT2D eigenvalue weighted by Gasteiger charge is 2.33. The van der Waals surface area contributed by atoms with Crippen molar-refractivity contribution in [2.24, 2.45) is 4.99 Å². The molecule has 0 N–H and O–H groups in total. The average molecular weight is 455 g/mol. The number of methoxy groups -OCH3 is 1. The molecular formula is C22H18N2O5S2. The molecule has 0 spiro atoms. The van der Waals surface area contributed by atoms with Crippen molar-refractivity contribution in [3.8, 4) is 5.75 Å². The standard InChI is InChI=1S/C22H18N2O5S2/c1-12-18(21(27)28-3)19(16-5-4-10-30-16)24-20(26)17(31-22(24)23-12)11-14-6-8-15(9-7-14)29-13(2)25/h4-11,19H,1-3H3/t19-/m0/s1. The Labute approximate surface area is 185 Å². The highest BCUT2D eigenvalue weighted by molar-refractivity contribution is 7.10. The molecule has 158 valence electrons. The third-order valence-electron chi connectivity index (χ3n) is 4.68. The monoisotopic (exact) mass is 454 g/mol. The van der Waals surface area contributed by atoms with Crippen molar-refractivity contribution in [2.45, 2.75) is 19.9 Å². The minimum Gasteiger partial charge on any atom is -0.466 e. The largest absolute Gasteiger partial charge is 0.466 e. The maximum Gasteiger partial charge on any atom is 0.338 e. The molecule has 0 amide bonds. The van der Waals surface area contributed by atoms with Crippen LogP contribution in [0, 0.1) is 0 Å². The van der Waals surface area contributed by atoms with Gasteiger partial charge in [0.25, 0.3) is 5.56 Å².